The molecule has 3 heterocycles. The third-order valence-electron chi connectivity index (χ3n) is 3.26. The fourth-order valence-corrected chi connectivity index (χ4v) is 2.90. The number of hydrogen-bond acceptors (Lipinski definition) is 7. The van der Waals surface area contributed by atoms with Gasteiger partial charge in [-0.25, -0.2) is 14.5 Å². The second kappa shape index (κ2) is 4.81. The van der Waals surface area contributed by atoms with Crippen molar-refractivity contribution in [1.82, 2.24) is 24.9 Å². The summed E-state index contributed by atoms with van der Waals surface area (Å²) in [6, 6.07) is -0.0554. The first-order valence-electron chi connectivity index (χ1n) is 6.13. The molecule has 0 saturated carbocycles. The summed E-state index contributed by atoms with van der Waals surface area (Å²) in [6.07, 6.45) is 1.37. The molecule has 0 bridgehead atoms. The van der Waals surface area contributed by atoms with Gasteiger partial charge in [0.05, 0.1) is 17.9 Å². The number of rotatable bonds is 3. The molecule has 3 N–H and O–H groups in total. The Morgan fingerprint density at radius 1 is 1.48 bits per heavy atom. The maximum absolute atomic E-state index is 12.3. The van der Waals surface area contributed by atoms with Crippen LogP contribution >= 0.6 is 11.3 Å². The zero-order valence-corrected chi connectivity index (χ0v) is 11.9. The first kappa shape index (κ1) is 13.5. The number of amides is 1. The normalized spacial score (nSPS) is 15.0. The van der Waals surface area contributed by atoms with Crippen LogP contribution in [0.3, 0.4) is 0 Å². The molecule has 21 heavy (non-hydrogen) atoms. The maximum Gasteiger partial charge on any atom is 0.358 e. The summed E-state index contributed by atoms with van der Waals surface area (Å²) in [7, 11) is 0. The van der Waals surface area contributed by atoms with Gasteiger partial charge in [0.15, 0.2) is 10.8 Å². The number of carboxylic acid groups (broad SMARTS) is 1. The van der Waals surface area contributed by atoms with Gasteiger partial charge in [-0.3, -0.25) is 4.79 Å². The van der Waals surface area contributed by atoms with Crippen LogP contribution < -0.4 is 5.73 Å². The molecule has 0 aliphatic carbocycles. The van der Waals surface area contributed by atoms with E-state index in [1.807, 2.05) is 0 Å². The number of carbonyl (C=O) groups excluding carboxylic acids is 1. The SMILES string of the molecule is Cc1nc(N)sc1C(=O)N1CC(n2cc(C(=O)O)nn2)C1. The van der Waals surface area contributed by atoms with Gasteiger partial charge in [0, 0.05) is 13.1 Å². The summed E-state index contributed by atoms with van der Waals surface area (Å²) >= 11 is 1.17. The van der Waals surface area contributed by atoms with Crippen molar-refractivity contribution in [2.45, 2.75) is 13.0 Å². The Balaban J connectivity index is 1.66. The van der Waals surface area contributed by atoms with Crippen LogP contribution in [-0.4, -0.2) is 55.0 Å². The molecule has 1 fully saturated rings. The molecule has 0 unspecified atom stereocenters. The highest BCUT2D eigenvalue weighted by molar-refractivity contribution is 7.17. The van der Waals surface area contributed by atoms with E-state index in [1.165, 1.54) is 22.2 Å². The number of carbonyl (C=O) groups is 2. The minimum absolute atomic E-state index is 0.0554. The third-order valence-corrected chi connectivity index (χ3v) is 4.23. The lowest BCUT2D eigenvalue weighted by atomic mass is 10.1. The standard InChI is InChI=1S/C11H12N6O3S/c1-5-8(21-11(12)13-5)9(18)16-2-6(3-16)17-4-7(10(19)20)14-15-17/h4,6H,2-3H2,1H3,(H2,12,13)(H,19,20). The first-order valence-corrected chi connectivity index (χ1v) is 6.94. The Hall–Kier alpha value is -2.49. The number of carboxylic acids is 1. The largest absolute Gasteiger partial charge is 0.476 e. The summed E-state index contributed by atoms with van der Waals surface area (Å²) in [5, 5.41) is 16.5. The van der Waals surface area contributed by atoms with Crippen LogP contribution in [0.1, 0.15) is 31.9 Å². The van der Waals surface area contributed by atoms with Gasteiger partial charge in [-0.05, 0) is 6.92 Å². The predicted molar refractivity (Wildman–Crippen MR) is 73.2 cm³/mol. The highest BCUT2D eigenvalue weighted by Gasteiger charge is 2.35. The Morgan fingerprint density at radius 2 is 2.19 bits per heavy atom. The predicted octanol–water partition coefficient (Wildman–Crippen LogP) is 0.0205. The van der Waals surface area contributed by atoms with E-state index in [1.54, 1.807) is 11.8 Å². The molecule has 110 valence electrons. The van der Waals surface area contributed by atoms with Crippen molar-refractivity contribution in [3.05, 3.63) is 22.5 Å². The molecule has 1 saturated heterocycles. The molecule has 0 spiro atoms. The summed E-state index contributed by atoms with van der Waals surface area (Å²) in [6.45, 7) is 2.66. The van der Waals surface area contributed by atoms with E-state index in [4.69, 9.17) is 10.8 Å². The second-order valence-electron chi connectivity index (χ2n) is 4.72. The van der Waals surface area contributed by atoms with E-state index in [9.17, 15) is 9.59 Å². The second-order valence-corrected chi connectivity index (χ2v) is 5.75. The molecule has 9 nitrogen and oxygen atoms in total. The Labute approximate surface area is 123 Å². The molecule has 1 aliphatic heterocycles. The quantitative estimate of drug-likeness (QED) is 0.818. The molecule has 2 aromatic heterocycles. The minimum Gasteiger partial charge on any atom is -0.476 e. The van der Waals surface area contributed by atoms with E-state index >= 15 is 0 Å². The lowest BCUT2D eigenvalue weighted by Crippen LogP contribution is -2.50. The molecule has 0 aromatic carbocycles. The summed E-state index contributed by atoms with van der Waals surface area (Å²) in [5.74, 6) is -1.24. The van der Waals surface area contributed by atoms with E-state index < -0.39 is 5.97 Å². The van der Waals surface area contributed by atoms with Crippen LogP contribution in [0.4, 0.5) is 5.13 Å². The van der Waals surface area contributed by atoms with E-state index in [0.29, 0.717) is 28.8 Å². The zero-order valence-electron chi connectivity index (χ0n) is 11.1. The smallest absolute Gasteiger partial charge is 0.358 e. The number of thiazole rings is 1. The average Bonchev–Trinajstić information content (AvgIpc) is 2.94. The first-order chi connectivity index (χ1) is 9.95. The number of nitrogens with two attached hydrogens (primary N) is 1. The lowest BCUT2D eigenvalue weighted by molar-refractivity contribution is 0.0501. The van der Waals surface area contributed by atoms with Crippen LogP contribution in [-0.2, 0) is 0 Å². The summed E-state index contributed by atoms with van der Waals surface area (Å²) < 4.78 is 1.47. The number of hydrogen-bond donors (Lipinski definition) is 2. The fraction of sp³-hybridized carbons (Fsp3) is 0.364. The number of aryl methyl sites for hydroxylation is 1. The van der Waals surface area contributed by atoms with E-state index in [0.717, 1.165) is 0 Å². The number of nitrogens with zero attached hydrogens (tertiary/aromatic N) is 5. The van der Waals surface area contributed by atoms with Crippen molar-refractivity contribution in [1.29, 1.82) is 0 Å². The zero-order chi connectivity index (χ0) is 15.1. The van der Waals surface area contributed by atoms with Crippen LogP contribution in [0.5, 0.6) is 0 Å². The van der Waals surface area contributed by atoms with Gasteiger partial charge in [-0.15, -0.1) is 5.10 Å². The number of nitrogen functional groups attached to an aromatic ring is 1. The van der Waals surface area contributed by atoms with Gasteiger partial charge in [0.2, 0.25) is 0 Å². The third kappa shape index (κ3) is 2.33. The number of likely N-dealkylation sites (tertiary alicyclic amines) is 1. The number of anilines is 1. The van der Waals surface area contributed by atoms with Gasteiger partial charge in [-0.2, -0.15) is 0 Å². The van der Waals surface area contributed by atoms with Gasteiger partial charge in [0.25, 0.3) is 5.91 Å². The molecule has 0 atom stereocenters. The maximum atomic E-state index is 12.3. The summed E-state index contributed by atoms with van der Waals surface area (Å²) in [4.78, 5) is 29.2. The lowest BCUT2D eigenvalue weighted by Gasteiger charge is -2.38. The molecule has 2 aromatic rings. The van der Waals surface area contributed by atoms with E-state index in [2.05, 4.69) is 15.3 Å². The molecular formula is C11H12N6O3S. The van der Waals surface area contributed by atoms with Crippen molar-refractivity contribution >= 4 is 28.3 Å². The van der Waals surface area contributed by atoms with E-state index in [-0.39, 0.29) is 17.6 Å². The van der Waals surface area contributed by atoms with Crippen LogP contribution in [0.15, 0.2) is 6.20 Å². The van der Waals surface area contributed by atoms with Crippen molar-refractivity contribution in [3.63, 3.8) is 0 Å². The van der Waals surface area contributed by atoms with Crippen molar-refractivity contribution in [2.75, 3.05) is 18.8 Å². The van der Waals surface area contributed by atoms with Crippen LogP contribution in [0, 0.1) is 6.92 Å². The van der Waals surface area contributed by atoms with Crippen LogP contribution in [0.2, 0.25) is 0 Å². The van der Waals surface area contributed by atoms with Gasteiger partial charge in [0.1, 0.15) is 4.88 Å². The fourth-order valence-electron chi connectivity index (χ4n) is 2.10. The number of aromatic nitrogens is 4. The Morgan fingerprint density at radius 3 is 2.71 bits per heavy atom. The van der Waals surface area contributed by atoms with Crippen molar-refractivity contribution < 1.29 is 14.7 Å². The topological polar surface area (TPSA) is 127 Å². The summed E-state index contributed by atoms with van der Waals surface area (Å²) in [5.41, 5.74) is 6.10. The Kier molecular flexibility index (Phi) is 3.09. The van der Waals surface area contributed by atoms with Gasteiger partial charge < -0.3 is 15.7 Å². The number of aromatic carboxylic acids is 1. The van der Waals surface area contributed by atoms with Crippen LogP contribution in [0.25, 0.3) is 0 Å². The molecule has 10 heteroatoms. The molecular weight excluding hydrogens is 296 g/mol. The van der Waals surface area contributed by atoms with Crippen molar-refractivity contribution in [2.24, 2.45) is 0 Å². The van der Waals surface area contributed by atoms with Gasteiger partial charge in [-0.1, -0.05) is 16.6 Å². The monoisotopic (exact) mass is 308 g/mol. The molecule has 1 aliphatic rings. The average molecular weight is 308 g/mol. The van der Waals surface area contributed by atoms with Gasteiger partial charge >= 0.3 is 5.97 Å². The highest BCUT2D eigenvalue weighted by atomic mass is 32.1. The highest BCUT2D eigenvalue weighted by Crippen LogP contribution is 2.27. The molecule has 3 rings (SSSR count). The minimum atomic E-state index is -1.12. The molecule has 1 amide bonds. The Bertz CT molecular complexity index is 717. The molecule has 0 radical (unpaired) electrons. The van der Waals surface area contributed by atoms with Crippen molar-refractivity contribution in [3.8, 4) is 0 Å².